The molecular formula is C16H20N2O5S. The van der Waals surface area contributed by atoms with E-state index in [1.54, 1.807) is 22.6 Å². The number of carbonyl (C=O) groups excluding carboxylic acids is 1. The second-order valence-electron chi connectivity index (χ2n) is 6.04. The van der Waals surface area contributed by atoms with Crippen LogP contribution in [0.5, 0.6) is 0 Å². The lowest BCUT2D eigenvalue weighted by Crippen LogP contribution is -2.32. The lowest BCUT2D eigenvalue weighted by molar-refractivity contribution is 0.0776. The summed E-state index contributed by atoms with van der Waals surface area (Å²) in [6.07, 6.45) is 2.39. The highest BCUT2D eigenvalue weighted by molar-refractivity contribution is 7.85. The van der Waals surface area contributed by atoms with Crippen LogP contribution in [0.2, 0.25) is 0 Å². The molecule has 2 N–H and O–H groups in total. The summed E-state index contributed by atoms with van der Waals surface area (Å²) in [5.41, 5.74) is 1.96. The smallest absolute Gasteiger partial charge is 0.294 e. The monoisotopic (exact) mass is 352 g/mol. The van der Waals surface area contributed by atoms with Gasteiger partial charge in [-0.3, -0.25) is 9.35 Å². The van der Waals surface area contributed by atoms with Crippen LogP contribution < -0.4 is 0 Å². The summed E-state index contributed by atoms with van der Waals surface area (Å²) in [6.45, 7) is 0.777. The zero-order valence-electron chi connectivity index (χ0n) is 13.4. The third kappa shape index (κ3) is 2.81. The maximum atomic E-state index is 12.8. The summed E-state index contributed by atoms with van der Waals surface area (Å²) in [6, 6.07) is 4.30. The molecule has 2 aromatic rings. The number of fused-ring (bicyclic) bond motifs is 3. The summed E-state index contributed by atoms with van der Waals surface area (Å²) < 4.78 is 33.9. The van der Waals surface area contributed by atoms with Gasteiger partial charge in [0.25, 0.3) is 16.0 Å². The first-order valence-electron chi connectivity index (χ1n) is 7.83. The Balaban J connectivity index is 2.34. The van der Waals surface area contributed by atoms with E-state index in [0.717, 1.165) is 18.4 Å². The van der Waals surface area contributed by atoms with Crippen LogP contribution in [0.15, 0.2) is 23.1 Å². The number of hydrogen-bond acceptors (Lipinski definition) is 4. The normalized spacial score (nSPS) is 16.1. The van der Waals surface area contributed by atoms with E-state index < -0.39 is 10.1 Å². The molecule has 1 aromatic heterocycles. The van der Waals surface area contributed by atoms with E-state index in [4.69, 9.17) is 0 Å². The lowest BCUT2D eigenvalue weighted by atomic mass is 10.0. The molecule has 7 nitrogen and oxygen atoms in total. The molecule has 0 atom stereocenters. The van der Waals surface area contributed by atoms with Gasteiger partial charge < -0.3 is 14.6 Å². The van der Waals surface area contributed by atoms with E-state index in [0.29, 0.717) is 29.6 Å². The van der Waals surface area contributed by atoms with Crippen LogP contribution in [0, 0.1) is 0 Å². The second-order valence-corrected chi connectivity index (χ2v) is 7.46. The van der Waals surface area contributed by atoms with Crippen molar-refractivity contribution in [2.45, 2.75) is 30.7 Å². The van der Waals surface area contributed by atoms with Crippen molar-refractivity contribution in [3.63, 3.8) is 0 Å². The zero-order valence-corrected chi connectivity index (χ0v) is 14.2. The third-order valence-electron chi connectivity index (χ3n) is 4.48. The average molecular weight is 352 g/mol. The Hall–Kier alpha value is -1.90. The molecule has 2 heterocycles. The molecule has 24 heavy (non-hydrogen) atoms. The number of rotatable bonds is 3. The highest BCUT2D eigenvalue weighted by Gasteiger charge is 2.27. The van der Waals surface area contributed by atoms with Crippen molar-refractivity contribution < 1.29 is 22.9 Å². The first kappa shape index (κ1) is 16.9. The van der Waals surface area contributed by atoms with Gasteiger partial charge in [-0.25, -0.2) is 0 Å². The number of aliphatic hydroxyl groups excluding tert-OH is 1. The van der Waals surface area contributed by atoms with E-state index in [1.807, 2.05) is 0 Å². The van der Waals surface area contributed by atoms with Gasteiger partial charge in [-0.05, 0) is 43.0 Å². The van der Waals surface area contributed by atoms with Gasteiger partial charge >= 0.3 is 0 Å². The van der Waals surface area contributed by atoms with Crippen molar-refractivity contribution in [3.05, 3.63) is 29.5 Å². The predicted octanol–water partition coefficient (Wildman–Crippen LogP) is 1.29. The molecule has 0 saturated carbocycles. The summed E-state index contributed by atoms with van der Waals surface area (Å²) in [4.78, 5) is 14.2. The molecule has 0 radical (unpaired) electrons. The fourth-order valence-corrected chi connectivity index (χ4v) is 3.83. The molecule has 0 fully saturated rings. The quantitative estimate of drug-likeness (QED) is 0.811. The highest BCUT2D eigenvalue weighted by Crippen LogP contribution is 2.31. The van der Waals surface area contributed by atoms with Crippen LogP contribution in [0.25, 0.3) is 10.9 Å². The van der Waals surface area contributed by atoms with Crippen molar-refractivity contribution in [2.24, 2.45) is 0 Å². The SMILES string of the molecule is CN1CCCCc2c(n(CCO)c3ccc(S(=O)(=O)O)cc23)C1=O. The van der Waals surface area contributed by atoms with Gasteiger partial charge in [0.1, 0.15) is 5.69 Å². The molecule has 0 saturated heterocycles. The molecule has 0 spiro atoms. The largest absolute Gasteiger partial charge is 0.395 e. The van der Waals surface area contributed by atoms with E-state index in [-0.39, 0.29) is 24.0 Å². The van der Waals surface area contributed by atoms with Crippen molar-refractivity contribution >= 4 is 26.9 Å². The van der Waals surface area contributed by atoms with E-state index in [1.165, 1.54) is 12.1 Å². The first-order valence-corrected chi connectivity index (χ1v) is 9.27. The van der Waals surface area contributed by atoms with E-state index >= 15 is 0 Å². The van der Waals surface area contributed by atoms with Crippen molar-refractivity contribution in [3.8, 4) is 0 Å². The molecule has 8 heteroatoms. The first-order chi connectivity index (χ1) is 11.3. The number of carbonyl (C=O) groups is 1. The molecule has 130 valence electrons. The third-order valence-corrected chi connectivity index (χ3v) is 5.33. The minimum absolute atomic E-state index is 0.132. The maximum absolute atomic E-state index is 12.8. The lowest BCUT2D eigenvalue weighted by Gasteiger charge is -2.22. The predicted molar refractivity (Wildman–Crippen MR) is 88.7 cm³/mol. The van der Waals surface area contributed by atoms with Crippen LogP contribution in [-0.2, 0) is 23.1 Å². The highest BCUT2D eigenvalue weighted by atomic mass is 32.2. The molecule has 0 aliphatic carbocycles. The Bertz CT molecular complexity index is 901. The molecule has 1 amide bonds. The van der Waals surface area contributed by atoms with Gasteiger partial charge in [0.15, 0.2) is 0 Å². The Morgan fingerprint density at radius 2 is 2.00 bits per heavy atom. The number of aryl methyl sites for hydroxylation is 1. The molecule has 1 aromatic carbocycles. The summed E-state index contributed by atoms with van der Waals surface area (Å²) in [5, 5.41) is 10.0. The number of amides is 1. The van der Waals surface area contributed by atoms with Crippen molar-refractivity contribution in [1.82, 2.24) is 9.47 Å². The maximum Gasteiger partial charge on any atom is 0.294 e. The van der Waals surface area contributed by atoms with Crippen LogP contribution in [0.3, 0.4) is 0 Å². The van der Waals surface area contributed by atoms with Gasteiger partial charge in [-0.1, -0.05) is 0 Å². The fraction of sp³-hybridized carbons (Fsp3) is 0.438. The molecular weight excluding hydrogens is 332 g/mol. The number of nitrogens with zero attached hydrogens (tertiary/aromatic N) is 2. The Morgan fingerprint density at radius 3 is 2.67 bits per heavy atom. The number of benzene rings is 1. The van der Waals surface area contributed by atoms with Crippen molar-refractivity contribution in [2.75, 3.05) is 20.2 Å². The zero-order chi connectivity index (χ0) is 17.5. The number of aromatic nitrogens is 1. The Morgan fingerprint density at radius 1 is 1.25 bits per heavy atom. The minimum atomic E-state index is -4.32. The summed E-state index contributed by atoms with van der Waals surface area (Å²) in [7, 11) is -2.58. The Labute approximate surface area is 140 Å². The van der Waals surface area contributed by atoms with Crippen LogP contribution in [0.1, 0.15) is 28.9 Å². The molecule has 1 aliphatic rings. The molecule has 0 unspecified atom stereocenters. The van der Waals surface area contributed by atoms with Gasteiger partial charge in [0, 0.05) is 31.0 Å². The molecule has 3 rings (SSSR count). The fourth-order valence-electron chi connectivity index (χ4n) is 3.33. The summed E-state index contributed by atoms with van der Waals surface area (Å²) >= 11 is 0. The van der Waals surface area contributed by atoms with Gasteiger partial charge in [0.05, 0.1) is 11.5 Å². The number of aliphatic hydroxyl groups is 1. The Kier molecular flexibility index (Phi) is 4.37. The van der Waals surface area contributed by atoms with E-state index in [2.05, 4.69) is 0 Å². The topological polar surface area (TPSA) is 99.8 Å². The molecule has 0 bridgehead atoms. The molecule has 1 aliphatic heterocycles. The van der Waals surface area contributed by atoms with Gasteiger partial charge in [-0.15, -0.1) is 0 Å². The van der Waals surface area contributed by atoms with Gasteiger partial charge in [0.2, 0.25) is 0 Å². The van der Waals surface area contributed by atoms with E-state index in [9.17, 15) is 22.9 Å². The van der Waals surface area contributed by atoms with Gasteiger partial charge in [-0.2, -0.15) is 8.42 Å². The number of hydrogen-bond donors (Lipinski definition) is 2. The average Bonchev–Trinajstić information content (AvgIpc) is 2.82. The summed E-state index contributed by atoms with van der Waals surface area (Å²) in [5.74, 6) is -0.136. The van der Waals surface area contributed by atoms with Crippen molar-refractivity contribution in [1.29, 1.82) is 0 Å². The van der Waals surface area contributed by atoms with Crippen LogP contribution in [-0.4, -0.2) is 53.7 Å². The standard InChI is InChI=1S/C16H20N2O5S/c1-17-7-3-2-4-12-13-10-11(24(21,22)23)5-6-14(13)18(8-9-19)15(12)16(17)20/h5-6,10,19H,2-4,7-9H2,1H3,(H,21,22,23). The van der Waals surface area contributed by atoms with Crippen LogP contribution >= 0.6 is 0 Å². The second kappa shape index (κ2) is 6.19. The minimum Gasteiger partial charge on any atom is -0.395 e. The van der Waals surface area contributed by atoms with Crippen LogP contribution in [0.4, 0.5) is 0 Å².